The number of hydrogen-bond acceptors (Lipinski definition) is 3. The van der Waals surface area contributed by atoms with E-state index >= 15 is 0 Å². The van der Waals surface area contributed by atoms with Crippen LogP contribution in [0.5, 0.6) is 0 Å². The van der Waals surface area contributed by atoms with E-state index in [0.29, 0.717) is 6.29 Å². The van der Waals surface area contributed by atoms with Gasteiger partial charge in [0.05, 0.1) is 12.7 Å². The lowest BCUT2D eigenvalue weighted by Gasteiger charge is -2.36. The highest BCUT2D eigenvalue weighted by Gasteiger charge is 2.29. The number of aliphatic hydroxyl groups is 2. The smallest absolute Gasteiger partial charge is 0.147 e. The molecule has 0 aromatic rings. The molecule has 0 aliphatic heterocycles. The molecule has 2 saturated carbocycles. The molecule has 0 radical (unpaired) electrons. The molecular weight excluding hydrogens is 288 g/mol. The number of rotatable bonds is 6. The van der Waals surface area contributed by atoms with E-state index < -0.39 is 0 Å². The van der Waals surface area contributed by atoms with Crippen molar-refractivity contribution in [2.24, 2.45) is 17.8 Å². The molecule has 2 aliphatic carbocycles. The van der Waals surface area contributed by atoms with Crippen LogP contribution in [0.15, 0.2) is 24.8 Å². The zero-order chi connectivity index (χ0) is 17.1. The Balaban J connectivity index is 0.000000379. The zero-order valence-electron chi connectivity index (χ0n) is 14.5. The van der Waals surface area contributed by atoms with Gasteiger partial charge in [0, 0.05) is 5.57 Å². The van der Waals surface area contributed by atoms with Crippen LogP contribution >= 0.6 is 0 Å². The van der Waals surface area contributed by atoms with Crippen molar-refractivity contribution in [3.05, 3.63) is 24.8 Å². The van der Waals surface area contributed by atoms with Crippen LogP contribution in [0.25, 0.3) is 0 Å². The lowest BCUT2D eigenvalue weighted by atomic mass is 9.70. The molecule has 2 N–H and O–H groups in total. The maximum absolute atomic E-state index is 9.56. The van der Waals surface area contributed by atoms with Gasteiger partial charge in [-0.3, -0.25) is 4.79 Å². The Morgan fingerprint density at radius 2 is 1.52 bits per heavy atom. The Hall–Kier alpha value is -0.930. The molecule has 0 heterocycles. The third-order valence-electron chi connectivity index (χ3n) is 5.45. The summed E-state index contributed by atoms with van der Waals surface area (Å²) in [6, 6.07) is 0. The summed E-state index contributed by atoms with van der Waals surface area (Å²) < 4.78 is 0. The molecule has 2 aliphatic rings. The van der Waals surface area contributed by atoms with Crippen molar-refractivity contribution >= 4 is 6.29 Å². The molecule has 0 unspecified atom stereocenters. The highest BCUT2D eigenvalue weighted by Crippen LogP contribution is 2.40. The van der Waals surface area contributed by atoms with Gasteiger partial charge in [0.25, 0.3) is 0 Å². The molecule has 23 heavy (non-hydrogen) atoms. The maximum Gasteiger partial charge on any atom is 0.147 e. The average Bonchev–Trinajstić information content (AvgIpc) is 2.61. The minimum absolute atomic E-state index is 0.00943. The molecular formula is C20H34O3. The Bertz CT molecular complexity index is 348. The van der Waals surface area contributed by atoms with E-state index in [2.05, 4.69) is 19.2 Å². The normalized spacial score (nSPS) is 30.7. The van der Waals surface area contributed by atoms with E-state index in [1.54, 1.807) is 0 Å². The van der Waals surface area contributed by atoms with Gasteiger partial charge in [-0.2, -0.15) is 0 Å². The van der Waals surface area contributed by atoms with E-state index in [9.17, 15) is 9.90 Å². The second-order valence-electron chi connectivity index (χ2n) is 7.15. The molecule has 0 aromatic heterocycles. The molecule has 3 heteroatoms. The zero-order valence-corrected chi connectivity index (χ0v) is 14.5. The topological polar surface area (TPSA) is 57.5 Å². The Kier molecular flexibility index (Phi) is 10.1. The fraction of sp³-hybridized carbons (Fsp3) is 0.750. The van der Waals surface area contributed by atoms with Gasteiger partial charge in [-0.1, -0.05) is 25.5 Å². The summed E-state index contributed by atoms with van der Waals surface area (Å²) in [4.78, 5) is 9.48. The highest BCUT2D eigenvalue weighted by atomic mass is 16.3. The van der Waals surface area contributed by atoms with Gasteiger partial charge in [0.15, 0.2) is 0 Å². The van der Waals surface area contributed by atoms with Crippen molar-refractivity contribution in [1.82, 2.24) is 0 Å². The van der Waals surface area contributed by atoms with Gasteiger partial charge < -0.3 is 10.2 Å². The Morgan fingerprint density at radius 3 is 1.91 bits per heavy atom. The molecule has 2 fully saturated rings. The summed E-state index contributed by atoms with van der Waals surface area (Å²) in [5.74, 6) is 2.87. The van der Waals surface area contributed by atoms with Crippen LogP contribution in [0.4, 0.5) is 0 Å². The average molecular weight is 322 g/mol. The van der Waals surface area contributed by atoms with Crippen molar-refractivity contribution in [1.29, 1.82) is 0 Å². The van der Waals surface area contributed by atoms with Crippen molar-refractivity contribution in [2.45, 2.75) is 70.3 Å². The second-order valence-corrected chi connectivity index (χ2v) is 7.15. The number of carbonyl (C=O) groups excluding carboxylic acids is 1. The van der Waals surface area contributed by atoms with Gasteiger partial charge in [-0.15, -0.1) is 6.58 Å². The lowest BCUT2D eigenvalue weighted by Crippen LogP contribution is -2.27. The standard InChI is InChI=1S/C16H28O.C4H6O2/c1-2-3-4-13-5-7-14(8-6-13)15-9-11-16(17)12-10-15;1-4(2-5)3-6/h2,13-17H,1,3-12H2;2,6H,1,3H2. The monoisotopic (exact) mass is 322 g/mol. The van der Waals surface area contributed by atoms with Crippen LogP contribution in [0.2, 0.25) is 0 Å². The first-order valence-electron chi connectivity index (χ1n) is 9.13. The number of aliphatic hydroxyl groups excluding tert-OH is 2. The molecule has 0 spiro atoms. The largest absolute Gasteiger partial charge is 0.393 e. The fourth-order valence-electron chi connectivity index (χ4n) is 3.91. The van der Waals surface area contributed by atoms with Gasteiger partial charge in [-0.25, -0.2) is 0 Å². The number of aldehydes is 1. The summed E-state index contributed by atoms with van der Waals surface area (Å²) in [5, 5.41) is 17.6. The summed E-state index contributed by atoms with van der Waals surface area (Å²) in [5.41, 5.74) is 0.218. The minimum atomic E-state index is -0.233. The number of carbonyl (C=O) groups is 1. The third-order valence-corrected chi connectivity index (χ3v) is 5.45. The van der Waals surface area contributed by atoms with Gasteiger partial charge >= 0.3 is 0 Å². The van der Waals surface area contributed by atoms with Crippen LogP contribution in [-0.2, 0) is 4.79 Å². The molecule has 2 rings (SSSR count). The summed E-state index contributed by atoms with van der Waals surface area (Å²) >= 11 is 0. The predicted molar refractivity (Wildman–Crippen MR) is 95.1 cm³/mol. The summed E-state index contributed by atoms with van der Waals surface area (Å²) in [7, 11) is 0. The van der Waals surface area contributed by atoms with Gasteiger partial charge in [0.1, 0.15) is 6.29 Å². The number of allylic oxidation sites excluding steroid dienone is 1. The molecule has 132 valence electrons. The van der Waals surface area contributed by atoms with E-state index in [1.165, 1.54) is 51.4 Å². The molecule has 0 atom stereocenters. The van der Waals surface area contributed by atoms with Crippen LogP contribution in [0, 0.1) is 17.8 Å². The minimum Gasteiger partial charge on any atom is -0.393 e. The quantitative estimate of drug-likeness (QED) is 0.441. The highest BCUT2D eigenvalue weighted by molar-refractivity contribution is 5.72. The van der Waals surface area contributed by atoms with Gasteiger partial charge in [-0.05, 0) is 69.1 Å². The van der Waals surface area contributed by atoms with Crippen molar-refractivity contribution < 1.29 is 15.0 Å². The molecule has 0 amide bonds. The van der Waals surface area contributed by atoms with E-state index in [0.717, 1.165) is 30.6 Å². The SMILES string of the molecule is C=C(C=O)CO.C=CCCC1CCC(C2CCC(O)CC2)CC1. The lowest BCUT2D eigenvalue weighted by molar-refractivity contribution is -0.105. The van der Waals surface area contributed by atoms with Gasteiger partial charge in [0.2, 0.25) is 0 Å². The molecule has 0 bridgehead atoms. The van der Waals surface area contributed by atoms with Crippen molar-refractivity contribution in [3.8, 4) is 0 Å². The van der Waals surface area contributed by atoms with Crippen molar-refractivity contribution in [3.63, 3.8) is 0 Å². The predicted octanol–water partition coefficient (Wildman–Crippen LogP) is 4.04. The van der Waals surface area contributed by atoms with Crippen LogP contribution in [0.3, 0.4) is 0 Å². The number of hydrogen-bond donors (Lipinski definition) is 2. The van der Waals surface area contributed by atoms with Crippen LogP contribution < -0.4 is 0 Å². The Morgan fingerprint density at radius 1 is 1.00 bits per heavy atom. The van der Waals surface area contributed by atoms with E-state index in [4.69, 9.17) is 5.11 Å². The summed E-state index contributed by atoms with van der Waals surface area (Å²) in [6.45, 7) is 6.76. The second kappa shape index (κ2) is 11.6. The van der Waals surface area contributed by atoms with E-state index in [1.807, 2.05) is 0 Å². The Labute approximate surface area is 141 Å². The first kappa shape index (κ1) is 20.1. The summed E-state index contributed by atoms with van der Waals surface area (Å²) in [6.07, 6.45) is 15.6. The van der Waals surface area contributed by atoms with E-state index in [-0.39, 0.29) is 18.3 Å². The molecule has 3 nitrogen and oxygen atoms in total. The maximum atomic E-state index is 9.56. The first-order valence-corrected chi connectivity index (χ1v) is 9.13. The van der Waals surface area contributed by atoms with Crippen molar-refractivity contribution in [2.75, 3.05) is 6.61 Å². The van der Waals surface area contributed by atoms with Crippen LogP contribution in [0.1, 0.15) is 64.2 Å². The fourth-order valence-corrected chi connectivity index (χ4v) is 3.91. The third kappa shape index (κ3) is 7.94. The first-order chi connectivity index (χ1) is 11.1. The van der Waals surface area contributed by atoms with Crippen LogP contribution in [-0.4, -0.2) is 29.2 Å². The molecule has 0 saturated heterocycles. The molecule has 0 aromatic carbocycles.